The SMILES string of the molecule is C=CC1=C(C=NC(=C)n2c3ccccc3c3c4ccccc4c4c(c32)C(c2ccccc2)Cc2ccccc2-4)Oc2cccc3cccc1c23. The molecule has 0 saturated heterocycles. The molecule has 1 aliphatic carbocycles. The van der Waals surface area contributed by atoms with E-state index in [1.54, 1.807) is 0 Å². The van der Waals surface area contributed by atoms with E-state index in [9.17, 15) is 0 Å². The van der Waals surface area contributed by atoms with Crippen molar-refractivity contribution in [3.8, 4) is 16.9 Å². The average molecular weight is 641 g/mol. The van der Waals surface area contributed by atoms with Crippen LogP contribution in [0.2, 0.25) is 0 Å². The summed E-state index contributed by atoms with van der Waals surface area (Å²) in [5.74, 6) is 2.23. The predicted molar refractivity (Wildman–Crippen MR) is 210 cm³/mol. The second-order valence-corrected chi connectivity index (χ2v) is 13.2. The first-order valence-electron chi connectivity index (χ1n) is 17.1. The van der Waals surface area contributed by atoms with E-state index in [1.807, 2.05) is 24.4 Å². The zero-order valence-corrected chi connectivity index (χ0v) is 27.4. The first-order chi connectivity index (χ1) is 24.7. The van der Waals surface area contributed by atoms with Crippen molar-refractivity contribution in [2.45, 2.75) is 12.3 Å². The molecule has 0 saturated carbocycles. The molecule has 0 fully saturated rings. The fourth-order valence-corrected chi connectivity index (χ4v) is 8.50. The Hall–Kier alpha value is -6.45. The van der Waals surface area contributed by atoms with Crippen molar-refractivity contribution in [3.63, 3.8) is 0 Å². The zero-order chi connectivity index (χ0) is 33.3. The van der Waals surface area contributed by atoms with Gasteiger partial charge in [0.25, 0.3) is 0 Å². The molecule has 10 rings (SSSR count). The Labute approximate surface area is 290 Å². The van der Waals surface area contributed by atoms with Crippen LogP contribution in [-0.4, -0.2) is 10.8 Å². The predicted octanol–water partition coefficient (Wildman–Crippen LogP) is 11.9. The lowest BCUT2D eigenvalue weighted by molar-refractivity contribution is 0.462. The zero-order valence-electron chi connectivity index (χ0n) is 27.4. The fourth-order valence-electron chi connectivity index (χ4n) is 8.50. The van der Waals surface area contributed by atoms with E-state index in [2.05, 4.69) is 145 Å². The van der Waals surface area contributed by atoms with E-state index in [-0.39, 0.29) is 5.92 Å². The molecular weight excluding hydrogens is 609 g/mol. The van der Waals surface area contributed by atoms with E-state index in [0.29, 0.717) is 11.6 Å². The molecule has 2 aliphatic rings. The molecule has 0 N–H and O–H groups in total. The van der Waals surface area contributed by atoms with Gasteiger partial charge >= 0.3 is 0 Å². The lowest BCUT2D eigenvalue weighted by Crippen LogP contribution is -2.15. The Balaban J connectivity index is 1.27. The molecule has 3 nitrogen and oxygen atoms in total. The van der Waals surface area contributed by atoms with Crippen LogP contribution in [0.5, 0.6) is 5.75 Å². The van der Waals surface area contributed by atoms with Crippen molar-refractivity contribution in [1.82, 2.24) is 4.57 Å². The molecule has 8 aromatic rings. The van der Waals surface area contributed by atoms with Gasteiger partial charge in [-0.2, -0.15) is 0 Å². The summed E-state index contributed by atoms with van der Waals surface area (Å²) in [7, 11) is 0. The highest BCUT2D eigenvalue weighted by Crippen LogP contribution is 2.52. The molecule has 1 aromatic heterocycles. The monoisotopic (exact) mass is 640 g/mol. The van der Waals surface area contributed by atoms with Gasteiger partial charge in [-0.25, -0.2) is 4.99 Å². The number of allylic oxidation sites excluding steroid dienone is 3. The van der Waals surface area contributed by atoms with Gasteiger partial charge in [0.15, 0.2) is 5.76 Å². The highest BCUT2D eigenvalue weighted by molar-refractivity contribution is 6.26. The number of aliphatic imine (C=N–C) groups is 1. The van der Waals surface area contributed by atoms with Crippen molar-refractivity contribution in [3.05, 3.63) is 187 Å². The van der Waals surface area contributed by atoms with E-state index in [1.165, 1.54) is 49.4 Å². The number of nitrogens with zero attached hydrogens (tertiary/aromatic N) is 2. The topological polar surface area (TPSA) is 26.5 Å². The molecule has 3 heteroatoms. The Bertz CT molecular complexity index is 2790. The third kappa shape index (κ3) is 4.07. The van der Waals surface area contributed by atoms with Crippen molar-refractivity contribution >= 4 is 61.0 Å². The number of benzene rings is 7. The standard InChI is InChI=1S/C47H32N2O/c1-3-33-35-24-13-18-31-19-14-26-41(43(31)35)50-42(33)28-48-29(2)49-40-25-12-11-23-38(40)45-37-22-10-9-21-36(37)44-34-20-8-7-17-32(34)27-39(46(44)47(45)49)30-15-5-4-6-16-30/h3-26,28,39H,1-2,27H2. The number of rotatable bonds is 5. The van der Waals surface area contributed by atoms with Crippen LogP contribution < -0.4 is 4.74 Å². The molecule has 1 aliphatic heterocycles. The number of aromatic nitrogens is 1. The number of hydrogen-bond acceptors (Lipinski definition) is 2. The van der Waals surface area contributed by atoms with Gasteiger partial charge in [-0.3, -0.25) is 4.57 Å². The normalized spacial score (nSPS) is 15.1. The molecule has 0 radical (unpaired) electrons. The Morgan fingerprint density at radius 1 is 0.700 bits per heavy atom. The summed E-state index contributed by atoms with van der Waals surface area (Å²) in [5.41, 5.74) is 10.8. The quantitative estimate of drug-likeness (QED) is 0.172. The highest BCUT2D eigenvalue weighted by atomic mass is 16.5. The maximum absolute atomic E-state index is 6.52. The summed E-state index contributed by atoms with van der Waals surface area (Å²) in [6.45, 7) is 8.81. The minimum absolute atomic E-state index is 0.141. The number of para-hydroxylation sites is 1. The first kappa shape index (κ1) is 28.6. The largest absolute Gasteiger partial charge is 0.454 e. The molecule has 2 heterocycles. The summed E-state index contributed by atoms with van der Waals surface area (Å²) < 4.78 is 8.80. The minimum atomic E-state index is 0.141. The molecule has 0 bridgehead atoms. The van der Waals surface area contributed by atoms with Crippen LogP contribution in [0.15, 0.2) is 170 Å². The maximum Gasteiger partial charge on any atom is 0.153 e. The van der Waals surface area contributed by atoms with Crippen LogP contribution in [0, 0.1) is 0 Å². The van der Waals surface area contributed by atoms with Crippen LogP contribution in [0.3, 0.4) is 0 Å². The molecule has 1 unspecified atom stereocenters. The maximum atomic E-state index is 6.52. The van der Waals surface area contributed by atoms with Gasteiger partial charge in [0, 0.05) is 27.6 Å². The Morgan fingerprint density at radius 3 is 2.24 bits per heavy atom. The van der Waals surface area contributed by atoms with Gasteiger partial charge < -0.3 is 4.74 Å². The second kappa shape index (κ2) is 11.0. The summed E-state index contributed by atoms with van der Waals surface area (Å²) in [6, 6.07) is 49.9. The van der Waals surface area contributed by atoms with E-state index < -0.39 is 0 Å². The summed E-state index contributed by atoms with van der Waals surface area (Å²) in [4.78, 5) is 5.11. The van der Waals surface area contributed by atoms with Crippen molar-refractivity contribution in [2.75, 3.05) is 0 Å². The molecule has 236 valence electrons. The van der Waals surface area contributed by atoms with Gasteiger partial charge in [-0.1, -0.05) is 147 Å². The Kier molecular flexibility index (Phi) is 6.31. The third-order valence-electron chi connectivity index (χ3n) is 10.6. The van der Waals surface area contributed by atoms with Crippen LogP contribution in [0.1, 0.15) is 28.2 Å². The second-order valence-electron chi connectivity index (χ2n) is 13.2. The van der Waals surface area contributed by atoms with Gasteiger partial charge in [-0.15, -0.1) is 0 Å². The molecule has 1 atom stereocenters. The van der Waals surface area contributed by atoms with Crippen LogP contribution in [0.4, 0.5) is 0 Å². The number of ether oxygens (including phenoxy) is 1. The fraction of sp³-hybridized carbons (Fsp3) is 0.0426. The number of fused-ring (bicyclic) bond motifs is 10. The molecule has 7 aromatic carbocycles. The van der Waals surface area contributed by atoms with Crippen LogP contribution in [0.25, 0.3) is 65.9 Å². The summed E-state index contributed by atoms with van der Waals surface area (Å²) in [6.07, 6.45) is 4.58. The number of hydrogen-bond donors (Lipinski definition) is 0. The Morgan fingerprint density at radius 2 is 1.40 bits per heavy atom. The van der Waals surface area contributed by atoms with Gasteiger partial charge in [-0.05, 0) is 68.1 Å². The van der Waals surface area contributed by atoms with Crippen LogP contribution in [-0.2, 0) is 6.42 Å². The molecule has 0 spiro atoms. The lowest BCUT2D eigenvalue weighted by atomic mass is 9.73. The van der Waals surface area contributed by atoms with E-state index in [0.717, 1.165) is 45.1 Å². The average Bonchev–Trinajstić information content (AvgIpc) is 3.52. The van der Waals surface area contributed by atoms with E-state index >= 15 is 0 Å². The first-order valence-corrected chi connectivity index (χ1v) is 17.1. The minimum Gasteiger partial charge on any atom is -0.454 e. The van der Waals surface area contributed by atoms with Crippen molar-refractivity contribution in [1.29, 1.82) is 0 Å². The van der Waals surface area contributed by atoms with Crippen LogP contribution >= 0.6 is 0 Å². The highest BCUT2D eigenvalue weighted by Gasteiger charge is 2.33. The lowest BCUT2D eigenvalue weighted by Gasteiger charge is -2.31. The summed E-state index contributed by atoms with van der Waals surface area (Å²) >= 11 is 0. The van der Waals surface area contributed by atoms with Crippen molar-refractivity contribution < 1.29 is 4.74 Å². The smallest absolute Gasteiger partial charge is 0.153 e. The molecule has 0 amide bonds. The third-order valence-corrected chi connectivity index (χ3v) is 10.6. The van der Waals surface area contributed by atoms with Gasteiger partial charge in [0.1, 0.15) is 11.6 Å². The van der Waals surface area contributed by atoms with Gasteiger partial charge in [0.05, 0.1) is 17.2 Å². The molecular formula is C47H32N2O. The van der Waals surface area contributed by atoms with Crippen molar-refractivity contribution in [2.24, 2.45) is 4.99 Å². The van der Waals surface area contributed by atoms with Gasteiger partial charge in [0.2, 0.25) is 0 Å². The molecule has 50 heavy (non-hydrogen) atoms. The summed E-state index contributed by atoms with van der Waals surface area (Å²) in [5, 5.41) is 7.14. The van der Waals surface area contributed by atoms with E-state index in [4.69, 9.17) is 9.73 Å².